The number of piperazine rings is 1. The molecule has 0 aliphatic carbocycles. The third kappa shape index (κ3) is 6.84. The van der Waals surface area contributed by atoms with Crippen LogP contribution >= 0.6 is 0 Å². The van der Waals surface area contributed by atoms with Gasteiger partial charge in [0, 0.05) is 57.6 Å². The van der Waals surface area contributed by atoms with Crippen LogP contribution in [0.15, 0.2) is 41.1 Å². The van der Waals surface area contributed by atoms with Crippen molar-refractivity contribution >= 4 is 29.2 Å². The molecular weight excluding hydrogens is 553 g/mol. The van der Waals surface area contributed by atoms with Crippen molar-refractivity contribution in [2.75, 3.05) is 41.7 Å². The summed E-state index contributed by atoms with van der Waals surface area (Å²) in [4.78, 5) is 33.8. The second-order valence-electron chi connectivity index (χ2n) is 10.0. The molecule has 1 atom stereocenters. The number of hydrogen-bond acceptors (Lipinski definition) is 10. The Hall–Kier alpha value is -4.53. The number of pyridine rings is 1. The molecule has 1 aliphatic rings. The number of nitrogens with zero attached hydrogens (tertiary/aromatic N) is 7. The number of alkyl halides is 3. The van der Waals surface area contributed by atoms with Gasteiger partial charge in [-0.3, -0.25) is 19.8 Å². The van der Waals surface area contributed by atoms with Gasteiger partial charge in [0.15, 0.2) is 17.4 Å². The van der Waals surface area contributed by atoms with Crippen LogP contribution in [0, 0.1) is 6.92 Å². The van der Waals surface area contributed by atoms with Crippen molar-refractivity contribution in [1.29, 1.82) is 0 Å². The summed E-state index contributed by atoms with van der Waals surface area (Å²) in [6, 6.07) is 7.11. The largest absolute Gasteiger partial charge is 0.452 e. The van der Waals surface area contributed by atoms with Crippen LogP contribution in [0.3, 0.4) is 0 Å². The highest BCUT2D eigenvalue weighted by Crippen LogP contribution is 2.33. The number of anilines is 4. The van der Waals surface area contributed by atoms with Gasteiger partial charge in [-0.1, -0.05) is 13.8 Å². The number of amides is 1. The Morgan fingerprint density at radius 3 is 2.60 bits per heavy atom. The molecule has 1 aliphatic heterocycles. The van der Waals surface area contributed by atoms with E-state index in [4.69, 9.17) is 0 Å². The summed E-state index contributed by atoms with van der Waals surface area (Å²) < 4.78 is 44.0. The molecule has 4 aromatic heterocycles. The molecule has 15 heteroatoms. The van der Waals surface area contributed by atoms with Crippen molar-refractivity contribution in [3.8, 4) is 0 Å². The number of H-pyrrole nitrogens is 1. The van der Waals surface area contributed by atoms with Crippen LogP contribution in [-0.4, -0.2) is 67.1 Å². The zero-order valence-electron chi connectivity index (χ0n) is 23.4. The molecule has 4 aromatic rings. The van der Waals surface area contributed by atoms with Gasteiger partial charge in [0.1, 0.15) is 5.82 Å². The smallest absolute Gasteiger partial charge is 0.436 e. The van der Waals surface area contributed by atoms with Gasteiger partial charge in [-0.25, -0.2) is 9.97 Å². The second-order valence-corrected chi connectivity index (χ2v) is 10.0. The molecule has 222 valence electrons. The predicted molar refractivity (Wildman–Crippen MR) is 149 cm³/mol. The van der Waals surface area contributed by atoms with Crippen LogP contribution in [0.2, 0.25) is 0 Å². The van der Waals surface area contributed by atoms with Crippen LogP contribution < -0.4 is 15.5 Å². The van der Waals surface area contributed by atoms with Crippen LogP contribution in [-0.2, 0) is 12.7 Å². The van der Waals surface area contributed by atoms with Crippen LogP contribution in [0.5, 0.6) is 0 Å². The summed E-state index contributed by atoms with van der Waals surface area (Å²) in [5.41, 5.74) is 1.26. The van der Waals surface area contributed by atoms with Crippen molar-refractivity contribution < 1.29 is 22.4 Å². The Balaban J connectivity index is 1.12. The molecule has 0 bridgehead atoms. The number of hydrogen-bond donors (Lipinski definition) is 3. The molecule has 0 aromatic carbocycles. The lowest BCUT2D eigenvalue weighted by Crippen LogP contribution is -2.46. The first kappa shape index (κ1) is 29.0. The first-order chi connectivity index (χ1) is 20.1. The normalized spacial score (nSPS) is 15.0. The van der Waals surface area contributed by atoms with E-state index in [1.165, 1.54) is 13.1 Å². The summed E-state index contributed by atoms with van der Waals surface area (Å²) in [5.74, 6) is -0.307. The number of halogens is 3. The maximum absolute atomic E-state index is 13.1. The topological polar surface area (TPSA) is 141 Å². The van der Waals surface area contributed by atoms with E-state index in [2.05, 4.69) is 68.8 Å². The summed E-state index contributed by atoms with van der Waals surface area (Å²) in [6.45, 7) is 9.04. The van der Waals surface area contributed by atoms with E-state index in [0.717, 1.165) is 44.0 Å². The minimum Gasteiger partial charge on any atom is -0.436 e. The molecule has 5 heterocycles. The monoisotopic (exact) mass is 584 g/mol. The summed E-state index contributed by atoms with van der Waals surface area (Å²) in [5, 5.41) is 13.0. The van der Waals surface area contributed by atoms with Crippen LogP contribution in [0.25, 0.3) is 0 Å². The van der Waals surface area contributed by atoms with E-state index < -0.39 is 23.5 Å². The Bertz CT molecular complexity index is 1510. The summed E-state index contributed by atoms with van der Waals surface area (Å²) >= 11 is 0. The van der Waals surface area contributed by atoms with Crippen LogP contribution in [0.1, 0.15) is 59.7 Å². The number of carbonyl (C=O) groups excluding carboxylic acids is 1. The average Bonchev–Trinajstić information content (AvgIpc) is 3.61. The van der Waals surface area contributed by atoms with Gasteiger partial charge in [0.05, 0.1) is 17.6 Å². The molecule has 1 amide bonds. The SMILES string of the molecule is CCC(C)c1cc(Nc2ccnc(N3CCN(Cc4ccc(NC(=O)c5nc(C)oc5C(F)(F)F)cn4)CC3)n2)n[nH]1. The van der Waals surface area contributed by atoms with Crippen molar-refractivity contribution in [1.82, 2.24) is 35.0 Å². The number of aromatic amines is 1. The minimum atomic E-state index is -4.83. The molecule has 0 spiro atoms. The molecule has 12 nitrogen and oxygen atoms in total. The van der Waals surface area contributed by atoms with Gasteiger partial charge in [-0.05, 0) is 30.5 Å². The van der Waals surface area contributed by atoms with Gasteiger partial charge in [-0.2, -0.15) is 23.3 Å². The fourth-order valence-corrected chi connectivity index (χ4v) is 4.47. The average molecular weight is 585 g/mol. The second kappa shape index (κ2) is 12.1. The van der Waals surface area contributed by atoms with Crippen LogP contribution in [0.4, 0.5) is 36.4 Å². The molecule has 1 unspecified atom stereocenters. The quantitative estimate of drug-likeness (QED) is 0.253. The lowest BCUT2D eigenvalue weighted by Gasteiger charge is -2.34. The van der Waals surface area contributed by atoms with Gasteiger partial charge in [-0.15, -0.1) is 0 Å². The first-order valence-corrected chi connectivity index (χ1v) is 13.5. The third-order valence-corrected chi connectivity index (χ3v) is 6.97. The molecule has 42 heavy (non-hydrogen) atoms. The number of rotatable bonds is 9. The lowest BCUT2D eigenvalue weighted by molar-refractivity contribution is -0.153. The minimum absolute atomic E-state index is 0.249. The van der Waals surface area contributed by atoms with E-state index in [1.807, 2.05) is 6.07 Å². The van der Waals surface area contributed by atoms with E-state index in [1.54, 1.807) is 24.4 Å². The number of oxazole rings is 1. The number of nitrogens with one attached hydrogen (secondary N) is 3. The molecule has 0 radical (unpaired) electrons. The first-order valence-electron chi connectivity index (χ1n) is 13.5. The zero-order chi connectivity index (χ0) is 29.9. The fraction of sp³-hybridized carbons (Fsp3) is 0.407. The highest BCUT2D eigenvalue weighted by molar-refractivity contribution is 6.03. The molecule has 1 fully saturated rings. The molecule has 0 saturated carbocycles. The van der Waals surface area contributed by atoms with Gasteiger partial charge < -0.3 is 20.0 Å². The molecule has 3 N–H and O–H groups in total. The Labute approximate surface area is 239 Å². The van der Waals surface area contributed by atoms with Gasteiger partial charge in [0.25, 0.3) is 5.91 Å². The summed E-state index contributed by atoms with van der Waals surface area (Å²) in [6.07, 6.45) is -0.688. The maximum atomic E-state index is 13.1. The number of aromatic nitrogens is 6. The van der Waals surface area contributed by atoms with Gasteiger partial charge >= 0.3 is 6.18 Å². The van der Waals surface area contributed by atoms with Crippen molar-refractivity contribution in [2.45, 2.75) is 45.8 Å². The lowest BCUT2D eigenvalue weighted by atomic mass is 10.1. The Morgan fingerprint density at radius 1 is 1.12 bits per heavy atom. The fourth-order valence-electron chi connectivity index (χ4n) is 4.47. The van der Waals surface area contributed by atoms with E-state index in [0.29, 0.717) is 30.0 Å². The Morgan fingerprint density at radius 2 is 1.90 bits per heavy atom. The highest BCUT2D eigenvalue weighted by atomic mass is 19.4. The number of carbonyl (C=O) groups is 1. The molecule has 5 rings (SSSR count). The molecular formula is C27H31F3N10O2. The standard InChI is InChI=1S/C27H31F3N10O2/c1-4-16(2)20-13-22(38-37-20)35-21-7-8-31-26(36-21)40-11-9-39(10-12-40)15-19-6-5-18(14-32-19)34-25(41)23-24(27(28,29)30)42-17(3)33-23/h5-8,13-14,16H,4,9-12,15H2,1-3H3,(H,34,41)(H2,31,35,36,37,38). The third-order valence-electron chi connectivity index (χ3n) is 6.97. The summed E-state index contributed by atoms with van der Waals surface area (Å²) in [7, 11) is 0. The van der Waals surface area contributed by atoms with Gasteiger partial charge in [0.2, 0.25) is 11.7 Å². The van der Waals surface area contributed by atoms with Crippen molar-refractivity contribution in [3.63, 3.8) is 0 Å². The van der Waals surface area contributed by atoms with Crippen molar-refractivity contribution in [3.05, 3.63) is 65.4 Å². The van der Waals surface area contributed by atoms with E-state index in [9.17, 15) is 18.0 Å². The highest BCUT2D eigenvalue weighted by Gasteiger charge is 2.41. The number of aryl methyl sites for hydroxylation is 1. The van der Waals surface area contributed by atoms with E-state index in [-0.39, 0.29) is 11.6 Å². The zero-order valence-corrected chi connectivity index (χ0v) is 23.4. The van der Waals surface area contributed by atoms with E-state index >= 15 is 0 Å². The van der Waals surface area contributed by atoms with Crippen molar-refractivity contribution in [2.24, 2.45) is 0 Å². The Kier molecular flexibility index (Phi) is 8.38. The maximum Gasteiger partial charge on any atom is 0.452 e. The molecule has 1 saturated heterocycles. The predicted octanol–water partition coefficient (Wildman–Crippen LogP) is 4.74.